The third-order valence-corrected chi connectivity index (χ3v) is 2.23. The summed E-state index contributed by atoms with van der Waals surface area (Å²) in [6, 6.07) is 0. The molecule has 0 aromatic rings. The fourth-order valence-corrected chi connectivity index (χ4v) is 1.25. The summed E-state index contributed by atoms with van der Waals surface area (Å²) in [6.45, 7) is 5.08. The Labute approximate surface area is 87.1 Å². The molecular formula is C9H21N3S. The Bertz CT molecular complexity index is 148. The molecule has 0 rings (SSSR count). The Hall–Kier alpha value is -0.350. The van der Waals surface area contributed by atoms with E-state index in [2.05, 4.69) is 36.1 Å². The molecule has 0 unspecified atom stereocenters. The van der Waals surface area contributed by atoms with Gasteiger partial charge in [-0.2, -0.15) is 0 Å². The van der Waals surface area contributed by atoms with Gasteiger partial charge in [-0.05, 0) is 46.2 Å². The minimum atomic E-state index is 0.848. The van der Waals surface area contributed by atoms with Crippen molar-refractivity contribution in [3.8, 4) is 0 Å². The molecule has 0 amide bonds. The molecule has 0 bridgehead atoms. The van der Waals surface area contributed by atoms with Crippen LogP contribution < -0.4 is 5.32 Å². The number of hydrogen-bond donors (Lipinski definition) is 1. The van der Waals surface area contributed by atoms with Crippen LogP contribution in [-0.2, 0) is 0 Å². The number of rotatable bonds is 5. The van der Waals surface area contributed by atoms with Gasteiger partial charge in [-0.3, -0.25) is 0 Å². The predicted octanol–water partition coefficient (Wildman–Crippen LogP) is 0.764. The first kappa shape index (κ1) is 12.7. The zero-order chi connectivity index (χ0) is 10.3. The lowest BCUT2D eigenvalue weighted by molar-refractivity contribution is 0.368. The molecule has 0 aromatic heterocycles. The summed E-state index contributed by atoms with van der Waals surface area (Å²) in [5.74, 6) is 0. The lowest BCUT2D eigenvalue weighted by Gasteiger charge is -2.21. The molecule has 0 aliphatic rings. The van der Waals surface area contributed by atoms with E-state index in [1.165, 1.54) is 0 Å². The van der Waals surface area contributed by atoms with Crippen LogP contribution in [0.25, 0.3) is 0 Å². The predicted molar refractivity (Wildman–Crippen MR) is 62.1 cm³/mol. The smallest absolute Gasteiger partial charge is 0.168 e. The van der Waals surface area contributed by atoms with Crippen molar-refractivity contribution >= 4 is 17.3 Å². The Morgan fingerprint density at radius 1 is 1.23 bits per heavy atom. The highest BCUT2D eigenvalue weighted by molar-refractivity contribution is 7.80. The van der Waals surface area contributed by atoms with Crippen LogP contribution in [0.1, 0.15) is 13.3 Å². The molecular weight excluding hydrogens is 182 g/mol. The topological polar surface area (TPSA) is 18.5 Å². The molecule has 13 heavy (non-hydrogen) atoms. The van der Waals surface area contributed by atoms with Crippen molar-refractivity contribution in [2.24, 2.45) is 0 Å². The third kappa shape index (κ3) is 6.78. The van der Waals surface area contributed by atoms with Crippen LogP contribution in [0.15, 0.2) is 0 Å². The summed E-state index contributed by atoms with van der Waals surface area (Å²) in [7, 11) is 6.20. The van der Waals surface area contributed by atoms with Crippen LogP contribution in [0.5, 0.6) is 0 Å². The number of nitrogens with zero attached hydrogens (tertiary/aromatic N) is 2. The standard InChI is InChI=1S/C9H21N3S/c1-5-10-9(13)12(4)8-6-7-11(2)3/h5-8H2,1-4H3,(H,10,13). The molecule has 0 spiro atoms. The molecule has 0 aliphatic heterocycles. The minimum absolute atomic E-state index is 0.848. The van der Waals surface area contributed by atoms with Gasteiger partial charge in [0.15, 0.2) is 5.11 Å². The normalized spacial score (nSPS) is 10.2. The Kier molecular flexibility index (Phi) is 6.90. The SMILES string of the molecule is CCNC(=S)N(C)CCCN(C)C. The van der Waals surface area contributed by atoms with Gasteiger partial charge in [-0.15, -0.1) is 0 Å². The molecule has 0 heterocycles. The van der Waals surface area contributed by atoms with Crippen molar-refractivity contribution in [3.05, 3.63) is 0 Å². The summed E-state index contributed by atoms with van der Waals surface area (Å²) in [5.41, 5.74) is 0. The maximum Gasteiger partial charge on any atom is 0.168 e. The second kappa shape index (κ2) is 7.09. The molecule has 0 radical (unpaired) electrons. The molecule has 0 saturated carbocycles. The number of hydrogen-bond acceptors (Lipinski definition) is 2. The van der Waals surface area contributed by atoms with E-state index in [1.807, 2.05) is 7.05 Å². The molecule has 78 valence electrons. The second-order valence-corrected chi connectivity index (χ2v) is 3.80. The van der Waals surface area contributed by atoms with Crippen LogP contribution in [0.4, 0.5) is 0 Å². The van der Waals surface area contributed by atoms with Crippen LogP contribution in [-0.4, -0.2) is 55.7 Å². The van der Waals surface area contributed by atoms with Crippen molar-refractivity contribution in [2.45, 2.75) is 13.3 Å². The van der Waals surface area contributed by atoms with E-state index in [9.17, 15) is 0 Å². The quantitative estimate of drug-likeness (QED) is 0.665. The van der Waals surface area contributed by atoms with Gasteiger partial charge in [0.2, 0.25) is 0 Å². The van der Waals surface area contributed by atoms with Crippen molar-refractivity contribution in [2.75, 3.05) is 40.8 Å². The first-order valence-corrected chi connectivity index (χ1v) is 5.12. The first-order chi connectivity index (χ1) is 6.07. The van der Waals surface area contributed by atoms with Gasteiger partial charge in [-0.25, -0.2) is 0 Å². The van der Waals surface area contributed by atoms with Gasteiger partial charge >= 0.3 is 0 Å². The van der Waals surface area contributed by atoms with Gasteiger partial charge in [0, 0.05) is 20.1 Å². The van der Waals surface area contributed by atoms with E-state index in [1.54, 1.807) is 0 Å². The number of thiocarbonyl (C=S) groups is 1. The van der Waals surface area contributed by atoms with E-state index >= 15 is 0 Å². The van der Waals surface area contributed by atoms with Crippen LogP contribution >= 0.6 is 12.2 Å². The van der Waals surface area contributed by atoms with E-state index in [-0.39, 0.29) is 0 Å². The molecule has 0 fully saturated rings. The van der Waals surface area contributed by atoms with Crippen LogP contribution in [0.2, 0.25) is 0 Å². The van der Waals surface area contributed by atoms with Crippen molar-refractivity contribution in [1.82, 2.24) is 15.1 Å². The molecule has 0 saturated heterocycles. The highest BCUT2D eigenvalue weighted by Crippen LogP contribution is 1.90. The zero-order valence-corrected chi connectivity index (χ0v) is 9.95. The van der Waals surface area contributed by atoms with Crippen LogP contribution in [0, 0.1) is 0 Å². The van der Waals surface area contributed by atoms with Crippen LogP contribution in [0.3, 0.4) is 0 Å². The molecule has 0 atom stereocenters. The van der Waals surface area contributed by atoms with Gasteiger partial charge < -0.3 is 15.1 Å². The highest BCUT2D eigenvalue weighted by Gasteiger charge is 2.01. The minimum Gasteiger partial charge on any atom is -0.363 e. The number of nitrogens with one attached hydrogen (secondary N) is 1. The third-order valence-electron chi connectivity index (χ3n) is 1.77. The molecule has 3 nitrogen and oxygen atoms in total. The summed E-state index contributed by atoms with van der Waals surface area (Å²) in [5, 5.41) is 3.98. The second-order valence-electron chi connectivity index (χ2n) is 3.41. The maximum atomic E-state index is 5.16. The average molecular weight is 203 g/mol. The summed E-state index contributed by atoms with van der Waals surface area (Å²) >= 11 is 5.16. The Morgan fingerprint density at radius 2 is 1.85 bits per heavy atom. The summed E-state index contributed by atoms with van der Waals surface area (Å²) in [4.78, 5) is 4.27. The van der Waals surface area contributed by atoms with E-state index in [4.69, 9.17) is 12.2 Å². The summed E-state index contributed by atoms with van der Waals surface area (Å²) in [6.07, 6.45) is 1.15. The lowest BCUT2D eigenvalue weighted by Crippen LogP contribution is -2.38. The summed E-state index contributed by atoms with van der Waals surface area (Å²) < 4.78 is 0. The van der Waals surface area contributed by atoms with Crippen molar-refractivity contribution in [3.63, 3.8) is 0 Å². The van der Waals surface area contributed by atoms with Gasteiger partial charge in [0.05, 0.1) is 0 Å². The molecule has 0 aliphatic carbocycles. The average Bonchev–Trinajstić information content (AvgIpc) is 2.04. The Balaban J connectivity index is 3.49. The van der Waals surface area contributed by atoms with E-state index in [0.717, 1.165) is 31.2 Å². The fraction of sp³-hybridized carbons (Fsp3) is 0.889. The van der Waals surface area contributed by atoms with Crippen molar-refractivity contribution in [1.29, 1.82) is 0 Å². The van der Waals surface area contributed by atoms with Gasteiger partial charge in [0.25, 0.3) is 0 Å². The van der Waals surface area contributed by atoms with Crippen molar-refractivity contribution < 1.29 is 0 Å². The molecule has 4 heteroatoms. The molecule has 0 aromatic carbocycles. The maximum absolute atomic E-state index is 5.16. The van der Waals surface area contributed by atoms with E-state index < -0.39 is 0 Å². The van der Waals surface area contributed by atoms with E-state index in [0.29, 0.717) is 0 Å². The lowest BCUT2D eigenvalue weighted by atomic mass is 10.4. The highest BCUT2D eigenvalue weighted by atomic mass is 32.1. The fourth-order valence-electron chi connectivity index (χ4n) is 1.01. The first-order valence-electron chi connectivity index (χ1n) is 4.71. The Morgan fingerprint density at radius 3 is 2.31 bits per heavy atom. The van der Waals surface area contributed by atoms with Gasteiger partial charge in [0.1, 0.15) is 0 Å². The largest absolute Gasteiger partial charge is 0.363 e. The van der Waals surface area contributed by atoms with Gasteiger partial charge in [-0.1, -0.05) is 0 Å². The molecule has 1 N–H and O–H groups in total. The monoisotopic (exact) mass is 203 g/mol. The zero-order valence-electron chi connectivity index (χ0n) is 9.13.